The maximum Gasteiger partial charge on any atom is 0.433 e. The monoisotopic (exact) mass is 332 g/mol. The molecule has 0 bridgehead atoms. The third kappa shape index (κ3) is 3.51. The summed E-state index contributed by atoms with van der Waals surface area (Å²) in [6.07, 6.45) is -4.87. The molecule has 0 spiro atoms. The van der Waals surface area contributed by atoms with Crippen LogP contribution in [0.3, 0.4) is 0 Å². The van der Waals surface area contributed by atoms with Gasteiger partial charge in [0.2, 0.25) is 0 Å². The summed E-state index contributed by atoms with van der Waals surface area (Å²) in [4.78, 5) is 15.9. The van der Waals surface area contributed by atoms with Crippen molar-refractivity contribution in [2.24, 2.45) is 0 Å². The summed E-state index contributed by atoms with van der Waals surface area (Å²) in [6.45, 7) is 6.04. The average Bonchev–Trinajstić information content (AvgIpc) is 3.03. The highest BCUT2D eigenvalue weighted by Crippen LogP contribution is 2.34. The van der Waals surface area contributed by atoms with E-state index < -0.39 is 35.5 Å². The number of aromatic nitrogens is 4. The number of aryl methyl sites for hydroxylation is 1. The van der Waals surface area contributed by atoms with Gasteiger partial charge in [-0.1, -0.05) is 5.16 Å². The lowest BCUT2D eigenvalue weighted by atomic mass is 10.2. The molecule has 0 N–H and O–H groups in total. The fraction of sp³-hybridized carbons (Fsp3) is 0.538. The average molecular weight is 332 g/mol. The highest BCUT2D eigenvalue weighted by atomic mass is 19.4. The summed E-state index contributed by atoms with van der Waals surface area (Å²) in [5.74, 6) is -0.834. The van der Waals surface area contributed by atoms with Gasteiger partial charge in [-0.05, 0) is 27.7 Å². The van der Waals surface area contributed by atoms with Crippen molar-refractivity contribution >= 4 is 5.97 Å². The zero-order chi connectivity index (χ0) is 17.4. The third-order valence-electron chi connectivity index (χ3n) is 2.95. The quantitative estimate of drug-likeness (QED) is 0.800. The van der Waals surface area contributed by atoms with Crippen LogP contribution in [0.5, 0.6) is 0 Å². The van der Waals surface area contributed by atoms with Gasteiger partial charge in [-0.2, -0.15) is 23.3 Å². The largest absolute Gasteiger partial charge is 0.449 e. The van der Waals surface area contributed by atoms with Crippen LogP contribution in [0.1, 0.15) is 60.7 Å². The summed E-state index contributed by atoms with van der Waals surface area (Å²) < 4.78 is 50.2. The standard InChI is InChI=1S/C13H15F3N4O3/c1-6(2)20-10(13(14,15)16)9(5-17-20)12(21)22-7(3)11-18-8(4)19-23-11/h5-7H,1-4H3. The molecular weight excluding hydrogens is 317 g/mol. The SMILES string of the molecule is Cc1noc(C(C)OC(=O)c2cnn(C(C)C)c2C(F)(F)F)n1. The van der Waals surface area contributed by atoms with E-state index in [0.717, 1.165) is 10.9 Å². The van der Waals surface area contributed by atoms with E-state index in [-0.39, 0.29) is 5.89 Å². The van der Waals surface area contributed by atoms with Gasteiger partial charge < -0.3 is 9.26 Å². The number of hydrogen-bond acceptors (Lipinski definition) is 6. The van der Waals surface area contributed by atoms with Crippen LogP contribution in [-0.4, -0.2) is 25.9 Å². The van der Waals surface area contributed by atoms with Crippen LogP contribution in [0.4, 0.5) is 13.2 Å². The van der Waals surface area contributed by atoms with E-state index in [2.05, 4.69) is 15.2 Å². The Morgan fingerprint density at radius 3 is 2.48 bits per heavy atom. The fourth-order valence-corrected chi connectivity index (χ4v) is 1.94. The first-order valence-corrected chi connectivity index (χ1v) is 6.77. The second-order valence-corrected chi connectivity index (χ2v) is 5.17. The molecule has 2 rings (SSSR count). The van der Waals surface area contributed by atoms with Crippen molar-refractivity contribution in [3.8, 4) is 0 Å². The molecule has 1 unspecified atom stereocenters. The van der Waals surface area contributed by atoms with Gasteiger partial charge in [0.15, 0.2) is 17.6 Å². The van der Waals surface area contributed by atoms with Crippen LogP contribution >= 0.6 is 0 Å². The van der Waals surface area contributed by atoms with Gasteiger partial charge in [0.1, 0.15) is 5.56 Å². The maximum absolute atomic E-state index is 13.2. The lowest BCUT2D eigenvalue weighted by molar-refractivity contribution is -0.145. The molecule has 126 valence electrons. The Morgan fingerprint density at radius 1 is 1.35 bits per heavy atom. The Balaban J connectivity index is 2.29. The molecule has 0 saturated heterocycles. The van der Waals surface area contributed by atoms with Gasteiger partial charge in [-0.25, -0.2) is 4.79 Å². The molecule has 2 heterocycles. The first-order chi connectivity index (χ1) is 10.6. The van der Waals surface area contributed by atoms with Gasteiger partial charge >= 0.3 is 12.1 Å². The van der Waals surface area contributed by atoms with Gasteiger partial charge in [0.25, 0.3) is 5.89 Å². The molecule has 0 aliphatic carbocycles. The summed E-state index contributed by atoms with van der Waals surface area (Å²) in [7, 11) is 0. The third-order valence-corrected chi connectivity index (χ3v) is 2.95. The van der Waals surface area contributed by atoms with E-state index in [9.17, 15) is 18.0 Å². The predicted molar refractivity (Wildman–Crippen MR) is 70.5 cm³/mol. The molecule has 0 radical (unpaired) electrons. The molecule has 0 amide bonds. The normalized spacial score (nSPS) is 13.4. The first-order valence-electron chi connectivity index (χ1n) is 6.77. The molecule has 0 aromatic carbocycles. The summed E-state index contributed by atoms with van der Waals surface area (Å²) in [6, 6.07) is -0.566. The Labute approximate surface area is 129 Å². The number of carbonyl (C=O) groups is 1. The zero-order valence-corrected chi connectivity index (χ0v) is 12.9. The number of hydrogen-bond donors (Lipinski definition) is 0. The lowest BCUT2D eigenvalue weighted by Crippen LogP contribution is -2.21. The molecule has 2 aromatic rings. The molecule has 7 nitrogen and oxygen atoms in total. The van der Waals surface area contributed by atoms with E-state index in [1.165, 1.54) is 20.8 Å². The van der Waals surface area contributed by atoms with Crippen LogP contribution < -0.4 is 0 Å². The van der Waals surface area contributed by atoms with Crippen molar-refractivity contribution < 1.29 is 27.2 Å². The first kappa shape index (κ1) is 17.0. The molecule has 0 fully saturated rings. The van der Waals surface area contributed by atoms with Gasteiger partial charge in [-0.3, -0.25) is 4.68 Å². The van der Waals surface area contributed by atoms with Crippen molar-refractivity contribution in [1.29, 1.82) is 0 Å². The number of ether oxygens (including phenoxy) is 1. The number of esters is 1. The van der Waals surface area contributed by atoms with Gasteiger partial charge in [0.05, 0.1) is 6.20 Å². The molecular formula is C13H15F3N4O3. The highest BCUT2D eigenvalue weighted by Gasteiger charge is 2.41. The van der Waals surface area contributed by atoms with E-state index in [4.69, 9.17) is 9.26 Å². The molecule has 10 heteroatoms. The molecule has 23 heavy (non-hydrogen) atoms. The predicted octanol–water partition coefficient (Wildman–Crippen LogP) is 3.09. The Bertz CT molecular complexity index is 706. The van der Waals surface area contributed by atoms with Crippen molar-refractivity contribution in [3.63, 3.8) is 0 Å². The van der Waals surface area contributed by atoms with Crippen LogP contribution in [-0.2, 0) is 10.9 Å². The van der Waals surface area contributed by atoms with E-state index >= 15 is 0 Å². The van der Waals surface area contributed by atoms with Crippen LogP contribution in [0.2, 0.25) is 0 Å². The second kappa shape index (κ2) is 6.01. The smallest absolute Gasteiger partial charge is 0.433 e. The van der Waals surface area contributed by atoms with Gasteiger partial charge in [0, 0.05) is 6.04 Å². The van der Waals surface area contributed by atoms with E-state index in [1.807, 2.05) is 0 Å². The molecule has 2 aromatic heterocycles. The second-order valence-electron chi connectivity index (χ2n) is 5.17. The minimum Gasteiger partial charge on any atom is -0.449 e. The Morgan fingerprint density at radius 2 is 2.00 bits per heavy atom. The van der Waals surface area contributed by atoms with Crippen molar-refractivity contribution in [3.05, 3.63) is 29.2 Å². The summed E-state index contributed by atoms with van der Waals surface area (Å²) >= 11 is 0. The van der Waals surface area contributed by atoms with Crippen molar-refractivity contribution in [2.75, 3.05) is 0 Å². The van der Waals surface area contributed by atoms with Crippen molar-refractivity contribution in [2.45, 2.75) is 46.0 Å². The number of rotatable bonds is 4. The summed E-state index contributed by atoms with van der Waals surface area (Å²) in [5, 5.41) is 7.16. The van der Waals surface area contributed by atoms with Crippen LogP contribution in [0.25, 0.3) is 0 Å². The minimum absolute atomic E-state index is 0.000611. The molecule has 0 aliphatic rings. The van der Waals surface area contributed by atoms with Crippen LogP contribution in [0, 0.1) is 6.92 Å². The molecule has 1 atom stereocenters. The maximum atomic E-state index is 13.2. The molecule has 0 saturated carbocycles. The topological polar surface area (TPSA) is 83.0 Å². The molecule has 0 aliphatic heterocycles. The number of carbonyl (C=O) groups excluding carboxylic acids is 1. The van der Waals surface area contributed by atoms with Gasteiger partial charge in [-0.15, -0.1) is 0 Å². The Hall–Kier alpha value is -2.39. The van der Waals surface area contributed by atoms with E-state index in [0.29, 0.717) is 5.82 Å². The number of alkyl halides is 3. The van der Waals surface area contributed by atoms with Crippen LogP contribution in [0.15, 0.2) is 10.7 Å². The number of nitrogens with zero attached hydrogens (tertiary/aromatic N) is 4. The zero-order valence-electron chi connectivity index (χ0n) is 12.9. The van der Waals surface area contributed by atoms with Crippen molar-refractivity contribution in [1.82, 2.24) is 19.9 Å². The Kier molecular flexibility index (Phi) is 4.44. The summed E-state index contributed by atoms with van der Waals surface area (Å²) in [5.41, 5.74) is -1.80. The number of halogens is 3. The lowest BCUT2D eigenvalue weighted by Gasteiger charge is -2.15. The minimum atomic E-state index is -4.74. The van der Waals surface area contributed by atoms with E-state index in [1.54, 1.807) is 6.92 Å². The highest BCUT2D eigenvalue weighted by molar-refractivity contribution is 5.90. The fourth-order valence-electron chi connectivity index (χ4n) is 1.94.